The molecule has 2 aromatic carbocycles. The van der Waals surface area contributed by atoms with Crippen molar-refractivity contribution >= 4 is 29.0 Å². The number of para-hydroxylation sites is 1. The van der Waals surface area contributed by atoms with Crippen LogP contribution in [0.15, 0.2) is 54.6 Å². The number of carbonyl (C=O) groups is 1. The van der Waals surface area contributed by atoms with Crippen LogP contribution >= 0.6 is 11.8 Å². The van der Waals surface area contributed by atoms with Crippen LogP contribution in [0.1, 0.15) is 12.5 Å². The lowest BCUT2D eigenvalue weighted by molar-refractivity contribution is -0.115. The molecule has 5 heteroatoms. The molecular weight excluding hydrogens is 354 g/mol. The number of anilines is 2. The maximum atomic E-state index is 12.4. The Hall–Kier alpha value is -1.98. The lowest BCUT2D eigenvalue weighted by Crippen LogP contribution is -2.34. The molecule has 0 atom stereocenters. The largest absolute Gasteiger partial charge is 0.362 e. The summed E-state index contributed by atoms with van der Waals surface area (Å²) < 4.78 is 0. The van der Waals surface area contributed by atoms with E-state index in [2.05, 4.69) is 34.2 Å². The second kappa shape index (κ2) is 10.4. The SMILES string of the molecule is CCN(CC(=O)Nc1ccc(CCN2CCSCC2)cc1)c1ccccc1. The van der Waals surface area contributed by atoms with Gasteiger partial charge in [-0.3, -0.25) is 4.79 Å². The number of benzene rings is 2. The van der Waals surface area contributed by atoms with E-state index in [0.717, 1.165) is 30.9 Å². The highest BCUT2D eigenvalue weighted by molar-refractivity contribution is 7.99. The maximum Gasteiger partial charge on any atom is 0.243 e. The number of nitrogens with one attached hydrogen (secondary N) is 1. The summed E-state index contributed by atoms with van der Waals surface area (Å²) in [7, 11) is 0. The van der Waals surface area contributed by atoms with E-state index in [9.17, 15) is 4.79 Å². The Kier molecular flexibility index (Phi) is 7.60. The molecule has 0 spiro atoms. The molecule has 1 aliphatic rings. The van der Waals surface area contributed by atoms with Gasteiger partial charge in [-0.05, 0) is 43.2 Å². The highest BCUT2D eigenvalue weighted by Gasteiger charge is 2.11. The van der Waals surface area contributed by atoms with E-state index in [4.69, 9.17) is 0 Å². The van der Waals surface area contributed by atoms with E-state index in [1.54, 1.807) is 0 Å². The molecule has 1 saturated heterocycles. The zero-order valence-electron chi connectivity index (χ0n) is 16.1. The standard InChI is InChI=1S/C22H29N3OS/c1-2-25(21-6-4-3-5-7-21)18-22(26)23-20-10-8-19(9-11-20)12-13-24-14-16-27-17-15-24/h3-11H,2,12-18H2,1H3,(H,23,26). The van der Waals surface area contributed by atoms with Crippen molar-refractivity contribution in [2.45, 2.75) is 13.3 Å². The molecule has 0 aromatic heterocycles. The lowest BCUT2D eigenvalue weighted by atomic mass is 10.1. The first-order valence-electron chi connectivity index (χ1n) is 9.73. The van der Waals surface area contributed by atoms with Crippen molar-refractivity contribution in [3.63, 3.8) is 0 Å². The van der Waals surface area contributed by atoms with E-state index in [0.29, 0.717) is 6.54 Å². The van der Waals surface area contributed by atoms with Gasteiger partial charge in [0.2, 0.25) is 5.91 Å². The molecule has 1 heterocycles. The Labute approximate surface area is 166 Å². The second-order valence-electron chi connectivity index (χ2n) is 6.80. The Morgan fingerprint density at radius 1 is 1.07 bits per heavy atom. The van der Waals surface area contributed by atoms with Crippen molar-refractivity contribution < 1.29 is 4.79 Å². The number of hydrogen-bond acceptors (Lipinski definition) is 4. The van der Waals surface area contributed by atoms with Crippen molar-refractivity contribution in [1.29, 1.82) is 0 Å². The van der Waals surface area contributed by atoms with Crippen molar-refractivity contribution in [3.8, 4) is 0 Å². The minimum Gasteiger partial charge on any atom is -0.362 e. The number of carbonyl (C=O) groups excluding carboxylic acids is 1. The van der Waals surface area contributed by atoms with Gasteiger partial charge in [0.15, 0.2) is 0 Å². The topological polar surface area (TPSA) is 35.6 Å². The average Bonchev–Trinajstić information content (AvgIpc) is 2.73. The quantitative estimate of drug-likeness (QED) is 0.753. The van der Waals surface area contributed by atoms with Gasteiger partial charge >= 0.3 is 0 Å². The first kappa shape index (κ1) is 19.8. The zero-order valence-corrected chi connectivity index (χ0v) is 16.9. The molecule has 0 saturated carbocycles. The van der Waals surface area contributed by atoms with E-state index in [-0.39, 0.29) is 5.91 Å². The van der Waals surface area contributed by atoms with Crippen LogP contribution in [0.5, 0.6) is 0 Å². The molecule has 144 valence electrons. The number of amides is 1. The maximum absolute atomic E-state index is 12.4. The Balaban J connectivity index is 1.47. The van der Waals surface area contributed by atoms with Gasteiger partial charge in [0, 0.05) is 49.1 Å². The van der Waals surface area contributed by atoms with Gasteiger partial charge in [-0.25, -0.2) is 0 Å². The van der Waals surface area contributed by atoms with Crippen LogP contribution in [0.25, 0.3) is 0 Å². The summed E-state index contributed by atoms with van der Waals surface area (Å²) in [5.41, 5.74) is 3.26. The minimum absolute atomic E-state index is 0.0132. The number of rotatable bonds is 8. The first-order chi connectivity index (χ1) is 13.2. The molecule has 1 fully saturated rings. The molecule has 4 nitrogen and oxygen atoms in total. The third-order valence-electron chi connectivity index (χ3n) is 4.90. The molecule has 0 unspecified atom stereocenters. The summed E-state index contributed by atoms with van der Waals surface area (Å²) in [5.74, 6) is 2.52. The fourth-order valence-electron chi connectivity index (χ4n) is 3.27. The number of thioether (sulfide) groups is 1. The lowest BCUT2D eigenvalue weighted by Gasteiger charge is -2.26. The summed E-state index contributed by atoms with van der Waals surface area (Å²) in [4.78, 5) is 17.0. The van der Waals surface area contributed by atoms with Crippen molar-refractivity contribution in [3.05, 3.63) is 60.2 Å². The van der Waals surface area contributed by atoms with Crippen molar-refractivity contribution in [1.82, 2.24) is 4.90 Å². The highest BCUT2D eigenvalue weighted by Crippen LogP contribution is 2.15. The van der Waals surface area contributed by atoms with Crippen molar-refractivity contribution in [2.24, 2.45) is 0 Å². The summed E-state index contributed by atoms with van der Waals surface area (Å²) in [6.07, 6.45) is 1.07. The van der Waals surface area contributed by atoms with Gasteiger partial charge in [0.05, 0.1) is 6.54 Å². The summed E-state index contributed by atoms with van der Waals surface area (Å²) in [6, 6.07) is 18.3. The van der Waals surface area contributed by atoms with E-state index in [1.165, 1.54) is 30.2 Å². The smallest absolute Gasteiger partial charge is 0.243 e. The molecule has 1 amide bonds. The summed E-state index contributed by atoms with van der Waals surface area (Å²) in [5, 5.41) is 3.02. The highest BCUT2D eigenvalue weighted by atomic mass is 32.2. The Bertz CT molecular complexity index is 699. The van der Waals surface area contributed by atoms with Gasteiger partial charge in [-0.2, -0.15) is 11.8 Å². The Morgan fingerprint density at radius 2 is 1.78 bits per heavy atom. The summed E-state index contributed by atoms with van der Waals surface area (Å²) >= 11 is 2.05. The minimum atomic E-state index is 0.0132. The molecule has 1 aliphatic heterocycles. The predicted molar refractivity (Wildman–Crippen MR) is 117 cm³/mol. The number of hydrogen-bond donors (Lipinski definition) is 1. The second-order valence-corrected chi connectivity index (χ2v) is 8.02. The fourth-order valence-corrected chi connectivity index (χ4v) is 4.24. The van der Waals surface area contributed by atoms with Crippen LogP contribution in [0, 0.1) is 0 Å². The van der Waals surface area contributed by atoms with Crippen molar-refractivity contribution in [2.75, 3.05) is 54.4 Å². The van der Waals surface area contributed by atoms with Crippen LogP contribution in [-0.2, 0) is 11.2 Å². The van der Waals surface area contributed by atoms with Crippen LogP contribution in [0.3, 0.4) is 0 Å². The molecule has 0 aliphatic carbocycles. The van der Waals surface area contributed by atoms with Crippen LogP contribution in [0.4, 0.5) is 11.4 Å². The van der Waals surface area contributed by atoms with E-state index in [1.807, 2.05) is 54.2 Å². The van der Waals surface area contributed by atoms with E-state index >= 15 is 0 Å². The molecule has 0 radical (unpaired) electrons. The Morgan fingerprint density at radius 3 is 2.44 bits per heavy atom. The average molecular weight is 384 g/mol. The van der Waals surface area contributed by atoms with Gasteiger partial charge in [-0.15, -0.1) is 0 Å². The van der Waals surface area contributed by atoms with Gasteiger partial charge in [0.25, 0.3) is 0 Å². The molecule has 27 heavy (non-hydrogen) atoms. The zero-order chi connectivity index (χ0) is 18.9. The normalized spacial score (nSPS) is 14.7. The molecule has 1 N–H and O–H groups in total. The predicted octanol–water partition coefficient (Wildman–Crippen LogP) is 3.74. The van der Waals surface area contributed by atoms with Crippen LogP contribution < -0.4 is 10.2 Å². The molecule has 3 rings (SSSR count). The number of nitrogens with zero attached hydrogens (tertiary/aromatic N) is 2. The fraction of sp³-hybridized carbons (Fsp3) is 0.409. The van der Waals surface area contributed by atoms with E-state index < -0.39 is 0 Å². The van der Waals surface area contributed by atoms with Gasteiger partial charge in [0.1, 0.15) is 0 Å². The monoisotopic (exact) mass is 383 g/mol. The first-order valence-corrected chi connectivity index (χ1v) is 10.9. The summed E-state index contributed by atoms with van der Waals surface area (Å²) in [6.45, 7) is 6.74. The number of likely N-dealkylation sites (N-methyl/N-ethyl adjacent to an activating group) is 1. The molecular formula is C22H29N3OS. The van der Waals surface area contributed by atoms with Gasteiger partial charge in [-0.1, -0.05) is 30.3 Å². The van der Waals surface area contributed by atoms with Gasteiger partial charge < -0.3 is 15.1 Å². The third kappa shape index (κ3) is 6.29. The molecule has 2 aromatic rings. The third-order valence-corrected chi connectivity index (χ3v) is 5.84. The van der Waals surface area contributed by atoms with Crippen LogP contribution in [-0.4, -0.2) is 55.0 Å². The van der Waals surface area contributed by atoms with Crippen LogP contribution in [0.2, 0.25) is 0 Å². The molecule has 0 bridgehead atoms.